The predicted octanol–water partition coefficient (Wildman–Crippen LogP) is 2.20. The van der Waals surface area contributed by atoms with Crippen LogP contribution in [0, 0.1) is 0 Å². The molecule has 1 rings (SSSR count). The van der Waals surface area contributed by atoms with E-state index in [1.807, 2.05) is 16.9 Å². The van der Waals surface area contributed by atoms with Crippen LogP contribution in [0.1, 0.15) is 51.8 Å². The SMILES string of the molecule is CCCN(CC(N)=NO)Cc1ccn(C(CC)CC)n1. The Morgan fingerprint density at radius 2 is 2.15 bits per heavy atom. The maximum absolute atomic E-state index is 8.68. The zero-order valence-electron chi connectivity index (χ0n) is 12.8. The molecule has 0 radical (unpaired) electrons. The lowest BCUT2D eigenvalue weighted by Gasteiger charge is -2.19. The molecule has 0 spiro atoms. The molecular formula is C14H27N5O. The van der Waals surface area contributed by atoms with Gasteiger partial charge >= 0.3 is 0 Å². The van der Waals surface area contributed by atoms with Gasteiger partial charge in [-0.2, -0.15) is 5.10 Å². The molecule has 0 saturated heterocycles. The molecule has 0 unspecified atom stereocenters. The van der Waals surface area contributed by atoms with Crippen molar-refractivity contribution < 1.29 is 5.21 Å². The van der Waals surface area contributed by atoms with Crippen molar-refractivity contribution in [3.05, 3.63) is 18.0 Å². The van der Waals surface area contributed by atoms with Gasteiger partial charge in [-0.05, 0) is 31.9 Å². The third-order valence-electron chi connectivity index (χ3n) is 3.42. The lowest BCUT2D eigenvalue weighted by molar-refractivity contribution is 0.282. The number of amidine groups is 1. The fourth-order valence-electron chi connectivity index (χ4n) is 2.35. The van der Waals surface area contributed by atoms with Crippen LogP contribution in [0.2, 0.25) is 0 Å². The Labute approximate surface area is 121 Å². The second kappa shape index (κ2) is 8.58. The fourth-order valence-corrected chi connectivity index (χ4v) is 2.35. The number of nitrogens with zero attached hydrogens (tertiary/aromatic N) is 4. The number of aromatic nitrogens is 2. The maximum Gasteiger partial charge on any atom is 0.153 e. The molecule has 1 aromatic rings. The van der Waals surface area contributed by atoms with E-state index >= 15 is 0 Å². The van der Waals surface area contributed by atoms with E-state index in [0.29, 0.717) is 12.6 Å². The molecule has 1 aromatic heterocycles. The summed E-state index contributed by atoms with van der Waals surface area (Å²) in [6.45, 7) is 8.55. The van der Waals surface area contributed by atoms with E-state index in [1.165, 1.54) is 0 Å². The maximum atomic E-state index is 8.68. The van der Waals surface area contributed by atoms with Gasteiger partial charge in [0.15, 0.2) is 5.84 Å². The Morgan fingerprint density at radius 1 is 1.45 bits per heavy atom. The summed E-state index contributed by atoms with van der Waals surface area (Å²) in [6.07, 6.45) is 5.23. The molecule has 1 heterocycles. The Hall–Kier alpha value is -1.56. The average molecular weight is 281 g/mol. The molecule has 3 N–H and O–H groups in total. The van der Waals surface area contributed by atoms with Gasteiger partial charge in [0.2, 0.25) is 0 Å². The number of nitrogens with two attached hydrogens (primary N) is 1. The molecule has 114 valence electrons. The van der Waals surface area contributed by atoms with Crippen molar-refractivity contribution in [1.82, 2.24) is 14.7 Å². The third kappa shape index (κ3) is 4.85. The molecule has 0 amide bonds. The van der Waals surface area contributed by atoms with Crippen LogP contribution in [0.5, 0.6) is 0 Å². The Kier molecular flexibility index (Phi) is 7.08. The summed E-state index contributed by atoms with van der Waals surface area (Å²) in [6, 6.07) is 2.51. The molecule has 0 aliphatic carbocycles. The first-order chi connectivity index (χ1) is 9.64. The van der Waals surface area contributed by atoms with Crippen LogP contribution < -0.4 is 5.73 Å². The number of rotatable bonds is 9. The first-order valence-corrected chi connectivity index (χ1v) is 7.37. The molecule has 20 heavy (non-hydrogen) atoms. The van der Waals surface area contributed by atoms with E-state index in [-0.39, 0.29) is 5.84 Å². The average Bonchev–Trinajstić information content (AvgIpc) is 2.88. The van der Waals surface area contributed by atoms with Crippen molar-refractivity contribution in [3.63, 3.8) is 0 Å². The first kappa shape index (κ1) is 16.5. The van der Waals surface area contributed by atoms with Crippen molar-refractivity contribution >= 4 is 5.84 Å². The quantitative estimate of drug-likeness (QED) is 0.315. The molecule has 6 heteroatoms. The summed E-state index contributed by atoms with van der Waals surface area (Å²) in [4.78, 5) is 2.13. The van der Waals surface area contributed by atoms with E-state index in [9.17, 15) is 0 Å². The highest BCUT2D eigenvalue weighted by molar-refractivity contribution is 5.81. The Morgan fingerprint density at radius 3 is 2.70 bits per heavy atom. The van der Waals surface area contributed by atoms with Gasteiger partial charge in [0.05, 0.1) is 18.3 Å². The Balaban J connectivity index is 2.69. The highest BCUT2D eigenvalue weighted by Crippen LogP contribution is 2.15. The van der Waals surface area contributed by atoms with E-state index in [1.54, 1.807) is 0 Å². The van der Waals surface area contributed by atoms with Gasteiger partial charge in [-0.1, -0.05) is 25.9 Å². The van der Waals surface area contributed by atoms with Crippen LogP contribution in [-0.2, 0) is 6.54 Å². The zero-order chi connectivity index (χ0) is 15.0. The second-order valence-electron chi connectivity index (χ2n) is 5.06. The summed E-state index contributed by atoms with van der Waals surface area (Å²) in [7, 11) is 0. The van der Waals surface area contributed by atoms with Crippen LogP contribution in [0.4, 0.5) is 0 Å². The molecule has 6 nitrogen and oxygen atoms in total. The van der Waals surface area contributed by atoms with E-state index in [2.05, 4.69) is 35.9 Å². The molecule has 0 atom stereocenters. The second-order valence-corrected chi connectivity index (χ2v) is 5.06. The van der Waals surface area contributed by atoms with Crippen LogP contribution in [-0.4, -0.2) is 38.8 Å². The lowest BCUT2D eigenvalue weighted by atomic mass is 10.2. The number of hydrogen-bond acceptors (Lipinski definition) is 4. The zero-order valence-corrected chi connectivity index (χ0v) is 12.8. The molecular weight excluding hydrogens is 254 g/mol. The van der Waals surface area contributed by atoms with Gasteiger partial charge in [-0.15, -0.1) is 0 Å². The summed E-state index contributed by atoms with van der Waals surface area (Å²) in [5.74, 6) is 0.234. The van der Waals surface area contributed by atoms with Gasteiger partial charge in [-0.3, -0.25) is 9.58 Å². The molecule has 0 aliphatic rings. The van der Waals surface area contributed by atoms with Crippen molar-refractivity contribution in [1.29, 1.82) is 0 Å². The van der Waals surface area contributed by atoms with Crippen LogP contribution in [0.15, 0.2) is 17.4 Å². The number of hydrogen-bond donors (Lipinski definition) is 2. The standard InChI is InChI=1S/C14H27N5O/c1-4-8-18(11-14(15)17-20)10-12-7-9-19(16-12)13(5-2)6-3/h7,9,13,20H,4-6,8,10-11H2,1-3H3,(H2,15,17). The predicted molar refractivity (Wildman–Crippen MR) is 80.8 cm³/mol. The normalized spacial score (nSPS) is 12.6. The number of oxime groups is 1. The van der Waals surface area contributed by atoms with Crippen molar-refractivity contribution in [2.24, 2.45) is 10.9 Å². The van der Waals surface area contributed by atoms with Gasteiger partial charge in [-0.25, -0.2) is 0 Å². The minimum Gasteiger partial charge on any atom is -0.409 e. The minimum atomic E-state index is 0.234. The molecule has 0 fully saturated rings. The topological polar surface area (TPSA) is 79.7 Å². The van der Waals surface area contributed by atoms with Gasteiger partial charge in [0.1, 0.15) is 0 Å². The van der Waals surface area contributed by atoms with E-state index in [4.69, 9.17) is 10.9 Å². The van der Waals surface area contributed by atoms with E-state index in [0.717, 1.165) is 38.0 Å². The van der Waals surface area contributed by atoms with Crippen LogP contribution >= 0.6 is 0 Å². The van der Waals surface area contributed by atoms with E-state index < -0.39 is 0 Å². The third-order valence-corrected chi connectivity index (χ3v) is 3.42. The van der Waals surface area contributed by atoms with Crippen LogP contribution in [0.25, 0.3) is 0 Å². The first-order valence-electron chi connectivity index (χ1n) is 7.37. The van der Waals surface area contributed by atoms with Crippen LogP contribution in [0.3, 0.4) is 0 Å². The molecule has 0 saturated carbocycles. The van der Waals surface area contributed by atoms with Gasteiger partial charge < -0.3 is 10.9 Å². The van der Waals surface area contributed by atoms with Crippen molar-refractivity contribution in [2.75, 3.05) is 13.1 Å². The van der Waals surface area contributed by atoms with Gasteiger partial charge in [0.25, 0.3) is 0 Å². The van der Waals surface area contributed by atoms with Gasteiger partial charge in [0, 0.05) is 12.7 Å². The molecule has 0 aromatic carbocycles. The Bertz CT molecular complexity index is 411. The highest BCUT2D eigenvalue weighted by atomic mass is 16.4. The fraction of sp³-hybridized carbons (Fsp3) is 0.714. The lowest BCUT2D eigenvalue weighted by Crippen LogP contribution is -2.34. The summed E-state index contributed by atoms with van der Waals surface area (Å²) < 4.78 is 2.04. The van der Waals surface area contributed by atoms with Crippen molar-refractivity contribution in [2.45, 2.75) is 52.6 Å². The molecule has 0 bridgehead atoms. The summed E-state index contributed by atoms with van der Waals surface area (Å²) in [5, 5.41) is 16.4. The highest BCUT2D eigenvalue weighted by Gasteiger charge is 2.12. The largest absolute Gasteiger partial charge is 0.409 e. The smallest absolute Gasteiger partial charge is 0.153 e. The minimum absolute atomic E-state index is 0.234. The monoisotopic (exact) mass is 281 g/mol. The van der Waals surface area contributed by atoms with Crippen molar-refractivity contribution in [3.8, 4) is 0 Å². The molecule has 0 aliphatic heterocycles. The summed E-state index contributed by atoms with van der Waals surface area (Å²) in [5.41, 5.74) is 6.61. The summed E-state index contributed by atoms with van der Waals surface area (Å²) >= 11 is 0.